The highest BCUT2D eigenvalue weighted by Crippen LogP contribution is 2.25. The third-order valence-corrected chi connectivity index (χ3v) is 6.69. The van der Waals surface area contributed by atoms with Crippen LogP contribution in [0.25, 0.3) is 11.1 Å². The molecule has 3 rings (SSSR count). The summed E-state index contributed by atoms with van der Waals surface area (Å²) in [5.41, 5.74) is 4.40. The maximum absolute atomic E-state index is 8.93. The minimum atomic E-state index is 0.661. The maximum Gasteiger partial charge on any atom is 0.119 e. The van der Waals surface area contributed by atoms with Crippen LogP contribution >= 0.6 is 15.9 Å². The van der Waals surface area contributed by atoms with Crippen LogP contribution in [0.15, 0.2) is 83.0 Å². The van der Waals surface area contributed by atoms with Crippen LogP contribution in [-0.4, -0.2) is 11.9 Å². The zero-order valence-electron chi connectivity index (χ0n) is 21.0. The van der Waals surface area contributed by atoms with Crippen LogP contribution in [0.4, 0.5) is 11.4 Å². The highest BCUT2D eigenvalue weighted by Gasteiger charge is 2.00. The SMILES string of the molecule is N#Cc1ccc(-c2ccc(N=Nc3ccc(OCCCCCCCCCCCCBr)cc3)cc2)cc1. The zero-order chi connectivity index (χ0) is 25.3. The lowest BCUT2D eigenvalue weighted by molar-refractivity contribution is 0.304. The topological polar surface area (TPSA) is 57.7 Å². The average molecular weight is 547 g/mol. The molecule has 0 N–H and O–H groups in total. The second kappa shape index (κ2) is 16.7. The fraction of sp³-hybridized carbons (Fsp3) is 0.387. The Morgan fingerprint density at radius 3 is 1.53 bits per heavy atom. The van der Waals surface area contributed by atoms with Crippen molar-refractivity contribution in [3.05, 3.63) is 78.4 Å². The second-order valence-corrected chi connectivity index (χ2v) is 9.80. The highest BCUT2D eigenvalue weighted by atomic mass is 79.9. The van der Waals surface area contributed by atoms with Gasteiger partial charge in [-0.05, 0) is 72.5 Å². The first-order valence-electron chi connectivity index (χ1n) is 13.1. The third-order valence-electron chi connectivity index (χ3n) is 6.13. The molecule has 4 nitrogen and oxygen atoms in total. The van der Waals surface area contributed by atoms with Crippen LogP contribution in [0, 0.1) is 11.3 Å². The Morgan fingerprint density at radius 2 is 1.03 bits per heavy atom. The van der Waals surface area contributed by atoms with Gasteiger partial charge in [0.05, 0.1) is 29.6 Å². The number of benzene rings is 3. The number of hydrogen-bond donors (Lipinski definition) is 0. The van der Waals surface area contributed by atoms with Crippen LogP contribution in [0.2, 0.25) is 0 Å². The smallest absolute Gasteiger partial charge is 0.119 e. The molecule has 0 saturated heterocycles. The van der Waals surface area contributed by atoms with Crippen molar-refractivity contribution in [2.24, 2.45) is 10.2 Å². The minimum Gasteiger partial charge on any atom is -0.494 e. The van der Waals surface area contributed by atoms with Gasteiger partial charge in [-0.3, -0.25) is 0 Å². The monoisotopic (exact) mass is 545 g/mol. The molecule has 3 aromatic rings. The number of halogens is 1. The van der Waals surface area contributed by atoms with Crippen molar-refractivity contribution in [1.82, 2.24) is 0 Å². The van der Waals surface area contributed by atoms with Crippen molar-refractivity contribution >= 4 is 27.3 Å². The van der Waals surface area contributed by atoms with Gasteiger partial charge in [0.25, 0.3) is 0 Å². The molecule has 0 heterocycles. The summed E-state index contributed by atoms with van der Waals surface area (Å²) >= 11 is 3.49. The molecule has 0 amide bonds. The standard InChI is InChI=1S/C31H36BrN3O/c32-23-9-7-5-3-1-2-4-6-8-10-24-36-31-21-19-30(20-22-31)35-34-29-17-15-28(16-18-29)27-13-11-26(25-33)12-14-27/h11-22H,1-10,23-24H2. The molecule has 0 fully saturated rings. The van der Waals surface area contributed by atoms with Gasteiger partial charge in [0.2, 0.25) is 0 Å². The molecule has 0 aromatic heterocycles. The van der Waals surface area contributed by atoms with Crippen LogP contribution in [0.1, 0.15) is 69.8 Å². The summed E-state index contributed by atoms with van der Waals surface area (Å²) in [6.45, 7) is 0.763. The molecule has 0 aliphatic carbocycles. The molecule has 0 radical (unpaired) electrons. The van der Waals surface area contributed by atoms with Crippen LogP contribution < -0.4 is 4.74 Å². The van der Waals surface area contributed by atoms with Gasteiger partial charge in [0.1, 0.15) is 5.75 Å². The first-order valence-corrected chi connectivity index (χ1v) is 14.2. The number of hydrogen-bond acceptors (Lipinski definition) is 4. The quantitative estimate of drug-likeness (QED) is 0.102. The number of nitrogens with zero attached hydrogens (tertiary/aromatic N) is 3. The number of azo groups is 1. The van der Waals surface area contributed by atoms with Crippen molar-refractivity contribution < 1.29 is 4.74 Å². The number of ether oxygens (including phenoxy) is 1. The highest BCUT2D eigenvalue weighted by molar-refractivity contribution is 9.09. The van der Waals surface area contributed by atoms with Crippen molar-refractivity contribution in [3.8, 4) is 22.9 Å². The first kappa shape index (κ1) is 27.6. The van der Waals surface area contributed by atoms with Gasteiger partial charge in [0, 0.05) is 5.33 Å². The van der Waals surface area contributed by atoms with E-state index in [0.29, 0.717) is 5.56 Å². The normalized spacial score (nSPS) is 11.0. The van der Waals surface area contributed by atoms with Gasteiger partial charge in [0.15, 0.2) is 0 Å². The Hall–Kier alpha value is -2.97. The van der Waals surface area contributed by atoms with E-state index in [1.807, 2.05) is 72.8 Å². The van der Waals surface area contributed by atoms with E-state index in [0.717, 1.165) is 46.6 Å². The molecule has 0 spiro atoms. The fourth-order valence-electron chi connectivity index (χ4n) is 3.98. The van der Waals surface area contributed by atoms with E-state index in [9.17, 15) is 0 Å². The first-order chi connectivity index (χ1) is 17.8. The van der Waals surface area contributed by atoms with Gasteiger partial charge in [-0.25, -0.2) is 0 Å². The van der Waals surface area contributed by atoms with Gasteiger partial charge >= 0.3 is 0 Å². The minimum absolute atomic E-state index is 0.661. The van der Waals surface area contributed by atoms with Crippen molar-refractivity contribution in [1.29, 1.82) is 5.26 Å². The molecule has 0 atom stereocenters. The summed E-state index contributed by atoms with van der Waals surface area (Å²) in [5.74, 6) is 0.879. The van der Waals surface area contributed by atoms with E-state index in [4.69, 9.17) is 10.00 Å². The lowest BCUT2D eigenvalue weighted by Crippen LogP contribution is -1.96. The van der Waals surface area contributed by atoms with Gasteiger partial charge in [-0.1, -0.05) is 91.6 Å². The summed E-state index contributed by atoms with van der Waals surface area (Å²) < 4.78 is 5.88. The van der Waals surface area contributed by atoms with E-state index < -0.39 is 0 Å². The molecule has 0 aliphatic rings. The van der Waals surface area contributed by atoms with Crippen LogP contribution in [0.3, 0.4) is 0 Å². The third kappa shape index (κ3) is 10.3. The molecular formula is C31H36BrN3O. The Bertz CT molecular complexity index is 1070. The molecule has 0 aliphatic heterocycles. The number of alkyl halides is 1. The molecule has 0 saturated carbocycles. The van der Waals surface area contributed by atoms with Crippen LogP contribution in [-0.2, 0) is 0 Å². The van der Waals surface area contributed by atoms with Crippen LogP contribution in [0.5, 0.6) is 5.75 Å². The summed E-state index contributed by atoms with van der Waals surface area (Å²) in [6.07, 6.45) is 13.2. The molecule has 5 heteroatoms. The number of rotatable bonds is 16. The predicted octanol–water partition coefficient (Wildman–Crippen LogP) is 10.3. The summed E-state index contributed by atoms with van der Waals surface area (Å²) in [6, 6.07) is 25.4. The Labute approximate surface area is 224 Å². The van der Waals surface area contributed by atoms with Crippen molar-refractivity contribution in [2.75, 3.05) is 11.9 Å². The van der Waals surface area contributed by atoms with E-state index in [-0.39, 0.29) is 0 Å². The second-order valence-electron chi connectivity index (χ2n) is 9.00. The Morgan fingerprint density at radius 1 is 0.583 bits per heavy atom. The lowest BCUT2D eigenvalue weighted by Gasteiger charge is -2.06. The van der Waals surface area contributed by atoms with Crippen molar-refractivity contribution in [3.63, 3.8) is 0 Å². The Balaban J connectivity index is 1.31. The van der Waals surface area contributed by atoms with Crippen molar-refractivity contribution in [2.45, 2.75) is 64.2 Å². The van der Waals surface area contributed by atoms with E-state index >= 15 is 0 Å². The molecule has 0 bridgehead atoms. The molecule has 36 heavy (non-hydrogen) atoms. The average Bonchev–Trinajstić information content (AvgIpc) is 2.93. The van der Waals surface area contributed by atoms with Gasteiger partial charge in [-0.2, -0.15) is 15.5 Å². The fourth-order valence-corrected chi connectivity index (χ4v) is 4.38. The van der Waals surface area contributed by atoms with E-state index in [1.54, 1.807) is 0 Å². The molecular weight excluding hydrogens is 510 g/mol. The maximum atomic E-state index is 8.93. The summed E-state index contributed by atoms with van der Waals surface area (Å²) in [5, 5.41) is 18.8. The van der Waals surface area contributed by atoms with Gasteiger partial charge < -0.3 is 4.74 Å². The summed E-state index contributed by atoms with van der Waals surface area (Å²) in [7, 11) is 0. The number of unbranched alkanes of at least 4 members (excludes halogenated alkanes) is 9. The lowest BCUT2D eigenvalue weighted by atomic mass is 10.0. The van der Waals surface area contributed by atoms with E-state index in [1.165, 1.54) is 57.8 Å². The Kier molecular flexibility index (Phi) is 12.8. The molecule has 188 valence electrons. The zero-order valence-corrected chi connectivity index (χ0v) is 22.6. The largest absolute Gasteiger partial charge is 0.494 e. The van der Waals surface area contributed by atoms with E-state index in [2.05, 4.69) is 32.2 Å². The van der Waals surface area contributed by atoms with Gasteiger partial charge in [-0.15, -0.1) is 0 Å². The predicted molar refractivity (Wildman–Crippen MR) is 153 cm³/mol. The molecule has 3 aromatic carbocycles. The number of nitriles is 1. The molecule has 0 unspecified atom stereocenters. The summed E-state index contributed by atoms with van der Waals surface area (Å²) in [4.78, 5) is 0.